The Bertz CT molecular complexity index is 885. The predicted molar refractivity (Wildman–Crippen MR) is 89.0 cm³/mol. The van der Waals surface area contributed by atoms with Gasteiger partial charge in [-0.2, -0.15) is 0 Å². The van der Waals surface area contributed by atoms with E-state index in [-0.39, 0.29) is 12.7 Å². The van der Waals surface area contributed by atoms with Crippen LogP contribution in [0.25, 0.3) is 16.9 Å². The average molecular weight is 309 g/mol. The van der Waals surface area contributed by atoms with Crippen LogP contribution in [0.4, 0.5) is 0 Å². The molecule has 1 atom stereocenters. The summed E-state index contributed by atoms with van der Waals surface area (Å²) < 4.78 is 13.0. The molecule has 1 aliphatic rings. The molecule has 5 nitrogen and oxygen atoms in total. The van der Waals surface area contributed by atoms with Gasteiger partial charge in [0.25, 0.3) is 0 Å². The molecule has 3 heterocycles. The van der Waals surface area contributed by atoms with E-state index >= 15 is 0 Å². The molecule has 0 bridgehead atoms. The number of nitrogens with zero attached hydrogens (tertiary/aromatic N) is 2. The monoisotopic (exact) mass is 309 g/mol. The number of nitrogens with two attached hydrogens (primary N) is 1. The van der Waals surface area contributed by atoms with Gasteiger partial charge < -0.3 is 19.6 Å². The lowest BCUT2D eigenvalue weighted by atomic mass is 10.0. The standard InChI is InChI=1S/C18H19N3O2/c1-11-5-6-21-16(7-11)20-17(18(21)12(2)9-19)13-3-4-14-15(8-13)23-10-22-14/h3-8,12H,9-10,19H2,1-2H3. The molecule has 3 aromatic rings. The number of hydrogen-bond acceptors (Lipinski definition) is 4. The number of aryl methyl sites for hydroxylation is 1. The molecule has 0 aliphatic carbocycles. The Balaban J connectivity index is 1.95. The van der Waals surface area contributed by atoms with Crippen LogP contribution in [0.1, 0.15) is 24.1 Å². The van der Waals surface area contributed by atoms with Crippen LogP contribution < -0.4 is 15.2 Å². The van der Waals surface area contributed by atoms with E-state index in [0.29, 0.717) is 6.54 Å². The van der Waals surface area contributed by atoms with Crippen molar-refractivity contribution in [2.24, 2.45) is 5.73 Å². The second-order valence-corrected chi connectivity index (χ2v) is 5.98. The van der Waals surface area contributed by atoms with Gasteiger partial charge in [0.2, 0.25) is 6.79 Å². The molecule has 0 saturated carbocycles. The lowest BCUT2D eigenvalue weighted by Crippen LogP contribution is -2.12. The minimum absolute atomic E-state index is 0.202. The second kappa shape index (κ2) is 5.28. The highest BCUT2D eigenvalue weighted by molar-refractivity contribution is 5.70. The number of benzene rings is 1. The zero-order chi connectivity index (χ0) is 16.0. The first-order valence-corrected chi connectivity index (χ1v) is 7.76. The van der Waals surface area contributed by atoms with E-state index in [2.05, 4.69) is 36.6 Å². The molecule has 4 rings (SSSR count). The zero-order valence-corrected chi connectivity index (χ0v) is 13.2. The Hall–Kier alpha value is -2.53. The first-order chi connectivity index (χ1) is 11.2. The van der Waals surface area contributed by atoms with Crippen LogP contribution >= 0.6 is 0 Å². The SMILES string of the molecule is Cc1ccn2c(C(C)CN)c(-c3ccc4c(c3)OCO4)nc2c1. The minimum atomic E-state index is 0.202. The van der Waals surface area contributed by atoms with Crippen molar-refractivity contribution in [1.29, 1.82) is 0 Å². The van der Waals surface area contributed by atoms with Crippen LogP contribution in [0, 0.1) is 6.92 Å². The molecule has 0 fully saturated rings. The molecular weight excluding hydrogens is 290 g/mol. The quantitative estimate of drug-likeness (QED) is 0.807. The summed E-state index contributed by atoms with van der Waals surface area (Å²) in [5, 5.41) is 0. The van der Waals surface area contributed by atoms with Gasteiger partial charge in [0.1, 0.15) is 5.65 Å². The van der Waals surface area contributed by atoms with E-state index in [1.165, 1.54) is 5.56 Å². The Kier molecular flexibility index (Phi) is 3.23. The third-order valence-electron chi connectivity index (χ3n) is 4.28. The van der Waals surface area contributed by atoms with E-state index in [1.807, 2.05) is 18.2 Å². The van der Waals surface area contributed by atoms with Crippen LogP contribution in [0.5, 0.6) is 11.5 Å². The first-order valence-electron chi connectivity index (χ1n) is 7.76. The molecule has 5 heteroatoms. The summed E-state index contributed by atoms with van der Waals surface area (Å²) in [7, 11) is 0. The molecule has 2 N–H and O–H groups in total. The van der Waals surface area contributed by atoms with Crippen molar-refractivity contribution in [3.05, 3.63) is 47.8 Å². The molecule has 0 radical (unpaired) electrons. The number of hydrogen-bond donors (Lipinski definition) is 1. The smallest absolute Gasteiger partial charge is 0.231 e. The molecule has 118 valence electrons. The highest BCUT2D eigenvalue weighted by Gasteiger charge is 2.21. The maximum Gasteiger partial charge on any atom is 0.231 e. The lowest BCUT2D eigenvalue weighted by Gasteiger charge is -2.12. The third kappa shape index (κ3) is 2.24. The molecule has 0 spiro atoms. The maximum atomic E-state index is 5.94. The molecule has 0 amide bonds. The van der Waals surface area contributed by atoms with E-state index < -0.39 is 0 Å². The summed E-state index contributed by atoms with van der Waals surface area (Å²) in [4.78, 5) is 4.85. The van der Waals surface area contributed by atoms with Gasteiger partial charge in [0.05, 0.1) is 11.4 Å². The zero-order valence-electron chi connectivity index (χ0n) is 13.2. The van der Waals surface area contributed by atoms with E-state index in [1.54, 1.807) is 0 Å². The summed E-state index contributed by atoms with van der Waals surface area (Å²) in [6.07, 6.45) is 2.07. The van der Waals surface area contributed by atoms with Crippen molar-refractivity contribution < 1.29 is 9.47 Å². The summed E-state index contributed by atoms with van der Waals surface area (Å²) in [5.74, 6) is 1.75. The Morgan fingerprint density at radius 1 is 1.22 bits per heavy atom. The predicted octanol–water partition coefficient (Wildman–Crippen LogP) is 3.10. The van der Waals surface area contributed by atoms with Crippen LogP contribution in [0.2, 0.25) is 0 Å². The number of pyridine rings is 1. The van der Waals surface area contributed by atoms with Crippen molar-refractivity contribution >= 4 is 5.65 Å². The highest BCUT2D eigenvalue weighted by atomic mass is 16.7. The van der Waals surface area contributed by atoms with E-state index in [0.717, 1.165) is 34.1 Å². The van der Waals surface area contributed by atoms with Gasteiger partial charge in [-0.15, -0.1) is 0 Å². The molecule has 0 saturated heterocycles. The fraction of sp³-hybridized carbons (Fsp3) is 0.278. The highest BCUT2D eigenvalue weighted by Crippen LogP contribution is 2.38. The third-order valence-corrected chi connectivity index (χ3v) is 4.28. The number of rotatable bonds is 3. The van der Waals surface area contributed by atoms with Gasteiger partial charge in [0, 0.05) is 24.2 Å². The van der Waals surface area contributed by atoms with E-state index in [4.69, 9.17) is 20.2 Å². The van der Waals surface area contributed by atoms with E-state index in [9.17, 15) is 0 Å². The van der Waals surface area contributed by atoms with Crippen LogP contribution in [-0.2, 0) is 0 Å². The topological polar surface area (TPSA) is 61.8 Å². The van der Waals surface area contributed by atoms with Crippen molar-refractivity contribution in [3.63, 3.8) is 0 Å². The maximum absolute atomic E-state index is 5.94. The number of ether oxygens (including phenoxy) is 2. The van der Waals surface area contributed by atoms with Crippen LogP contribution in [0.15, 0.2) is 36.5 Å². The van der Waals surface area contributed by atoms with Gasteiger partial charge in [-0.3, -0.25) is 0 Å². The van der Waals surface area contributed by atoms with Crippen molar-refractivity contribution in [2.75, 3.05) is 13.3 Å². The molecular formula is C18H19N3O2. The molecule has 23 heavy (non-hydrogen) atoms. The Morgan fingerprint density at radius 3 is 2.87 bits per heavy atom. The minimum Gasteiger partial charge on any atom is -0.454 e. The number of aromatic nitrogens is 2. The fourth-order valence-electron chi connectivity index (χ4n) is 3.00. The molecule has 1 aromatic carbocycles. The van der Waals surface area contributed by atoms with Crippen LogP contribution in [0.3, 0.4) is 0 Å². The normalized spacial score (nSPS) is 14.4. The largest absolute Gasteiger partial charge is 0.454 e. The first kappa shape index (κ1) is 14.1. The summed E-state index contributed by atoms with van der Waals surface area (Å²) in [5.41, 5.74) is 11.2. The van der Waals surface area contributed by atoms with Crippen molar-refractivity contribution in [2.45, 2.75) is 19.8 Å². The summed E-state index contributed by atoms with van der Waals surface area (Å²) >= 11 is 0. The van der Waals surface area contributed by atoms with Gasteiger partial charge in [-0.1, -0.05) is 6.92 Å². The lowest BCUT2D eigenvalue weighted by molar-refractivity contribution is 0.174. The van der Waals surface area contributed by atoms with Crippen molar-refractivity contribution in [3.8, 4) is 22.8 Å². The molecule has 1 aliphatic heterocycles. The number of fused-ring (bicyclic) bond motifs is 2. The van der Waals surface area contributed by atoms with Crippen molar-refractivity contribution in [1.82, 2.24) is 9.38 Å². The van der Waals surface area contributed by atoms with Crippen LogP contribution in [-0.4, -0.2) is 22.7 Å². The van der Waals surface area contributed by atoms with Gasteiger partial charge in [-0.25, -0.2) is 4.98 Å². The van der Waals surface area contributed by atoms with Gasteiger partial charge >= 0.3 is 0 Å². The Labute approximate surface area is 134 Å². The Morgan fingerprint density at radius 2 is 2.04 bits per heavy atom. The molecule has 2 aromatic heterocycles. The number of imidazole rings is 1. The van der Waals surface area contributed by atoms with Gasteiger partial charge in [0.15, 0.2) is 11.5 Å². The second-order valence-electron chi connectivity index (χ2n) is 5.98. The summed E-state index contributed by atoms with van der Waals surface area (Å²) in [6.45, 7) is 5.04. The van der Waals surface area contributed by atoms with Gasteiger partial charge in [-0.05, 0) is 42.8 Å². The summed E-state index contributed by atoms with van der Waals surface area (Å²) in [6, 6.07) is 10.1. The average Bonchev–Trinajstić information content (AvgIpc) is 3.16. The molecule has 1 unspecified atom stereocenters. The fourth-order valence-corrected chi connectivity index (χ4v) is 3.00.